The maximum atomic E-state index is 14.4. The van der Waals surface area contributed by atoms with Crippen LogP contribution in [0.1, 0.15) is 109 Å². The number of ether oxygens (including phenoxy) is 1. The quantitative estimate of drug-likeness (QED) is 0.216. The van der Waals surface area contributed by atoms with E-state index in [2.05, 4.69) is 23.8 Å². The summed E-state index contributed by atoms with van der Waals surface area (Å²) in [5, 5.41) is 0. The molecule has 4 heteroatoms. The molecule has 0 amide bonds. The van der Waals surface area contributed by atoms with Crippen molar-refractivity contribution in [1.82, 2.24) is 9.97 Å². The van der Waals surface area contributed by atoms with Crippen molar-refractivity contribution >= 4 is 0 Å². The Morgan fingerprint density at radius 2 is 1.34 bits per heavy atom. The van der Waals surface area contributed by atoms with Gasteiger partial charge in [-0.3, -0.25) is 9.97 Å². The Bertz CT molecular complexity index is 733. The molecule has 2 rings (SSSR count). The molecule has 0 spiro atoms. The smallest absolute Gasteiger partial charge is 0.165 e. The van der Waals surface area contributed by atoms with Gasteiger partial charge in [0, 0.05) is 11.8 Å². The summed E-state index contributed by atoms with van der Waals surface area (Å²) in [5.74, 6) is -0.0178. The molecule has 0 atom stereocenters. The molecule has 1 heterocycles. The van der Waals surface area contributed by atoms with Gasteiger partial charge in [-0.1, -0.05) is 90.9 Å². The molecule has 0 N–H and O–H groups in total. The molecule has 3 nitrogen and oxygen atoms in total. The summed E-state index contributed by atoms with van der Waals surface area (Å²) in [4.78, 5) is 9.05. The van der Waals surface area contributed by atoms with Crippen LogP contribution in [-0.4, -0.2) is 16.6 Å². The van der Waals surface area contributed by atoms with Gasteiger partial charge < -0.3 is 4.74 Å². The van der Waals surface area contributed by atoms with E-state index < -0.39 is 0 Å². The fourth-order valence-corrected chi connectivity index (χ4v) is 3.91. The Labute approximate surface area is 195 Å². The molecule has 0 aliphatic rings. The molecule has 178 valence electrons. The Hall–Kier alpha value is -1.97. The van der Waals surface area contributed by atoms with Crippen LogP contribution in [0.2, 0.25) is 0 Å². The topological polar surface area (TPSA) is 35.0 Å². The maximum absolute atomic E-state index is 14.4. The summed E-state index contributed by atoms with van der Waals surface area (Å²) in [6.07, 6.45) is 22.2. The third kappa shape index (κ3) is 10.6. The highest BCUT2D eigenvalue weighted by molar-refractivity contribution is 5.59. The first-order valence-electron chi connectivity index (χ1n) is 13.0. The first kappa shape index (κ1) is 26.3. The molecule has 0 unspecified atom stereocenters. The lowest BCUT2D eigenvalue weighted by molar-refractivity contribution is 0.290. The summed E-state index contributed by atoms with van der Waals surface area (Å²) >= 11 is 0. The Morgan fingerprint density at radius 3 is 1.94 bits per heavy atom. The molecule has 32 heavy (non-hydrogen) atoms. The number of hydrogen-bond donors (Lipinski definition) is 0. The van der Waals surface area contributed by atoms with Crippen molar-refractivity contribution < 1.29 is 9.13 Å². The van der Waals surface area contributed by atoms with Gasteiger partial charge in [0.2, 0.25) is 0 Å². The van der Waals surface area contributed by atoms with Gasteiger partial charge >= 0.3 is 0 Å². The van der Waals surface area contributed by atoms with Crippen molar-refractivity contribution in [2.75, 3.05) is 6.61 Å². The summed E-state index contributed by atoms with van der Waals surface area (Å²) < 4.78 is 20.0. The lowest BCUT2D eigenvalue weighted by atomic mass is 10.1. The standard InChI is InChI=1S/C28H43FN2O/c1-3-5-7-9-10-11-12-13-15-17-25-22-31-27(23-30-25)24-18-19-28(26(29)21-24)32-20-16-14-8-6-4-2/h18-19,21-23H,3-17,20H2,1-2H3. The van der Waals surface area contributed by atoms with Crippen molar-refractivity contribution in [3.8, 4) is 17.0 Å². The van der Waals surface area contributed by atoms with Crippen molar-refractivity contribution in [1.29, 1.82) is 0 Å². The third-order valence-corrected chi connectivity index (χ3v) is 5.97. The largest absolute Gasteiger partial charge is 0.491 e. The normalized spacial score (nSPS) is 11.1. The van der Waals surface area contributed by atoms with E-state index in [9.17, 15) is 4.39 Å². The SMILES string of the molecule is CCCCCCCCCCCc1cnc(-c2ccc(OCCCCCCC)c(F)c2)cn1. The Morgan fingerprint density at radius 1 is 0.719 bits per heavy atom. The zero-order chi connectivity index (χ0) is 22.9. The van der Waals surface area contributed by atoms with E-state index in [1.54, 1.807) is 12.3 Å². The fourth-order valence-electron chi connectivity index (χ4n) is 3.91. The van der Waals surface area contributed by atoms with Gasteiger partial charge in [-0.15, -0.1) is 0 Å². The number of benzene rings is 1. The fraction of sp³-hybridized carbons (Fsp3) is 0.643. The molecule has 0 saturated carbocycles. The van der Waals surface area contributed by atoms with Crippen LogP contribution in [0.3, 0.4) is 0 Å². The average Bonchev–Trinajstić information content (AvgIpc) is 2.81. The van der Waals surface area contributed by atoms with E-state index in [0.717, 1.165) is 36.9 Å². The van der Waals surface area contributed by atoms with E-state index in [0.29, 0.717) is 18.1 Å². The number of nitrogens with zero attached hydrogens (tertiary/aromatic N) is 2. The highest BCUT2D eigenvalue weighted by Gasteiger charge is 2.08. The van der Waals surface area contributed by atoms with Crippen LogP contribution in [0.4, 0.5) is 4.39 Å². The van der Waals surface area contributed by atoms with Crippen LogP contribution >= 0.6 is 0 Å². The van der Waals surface area contributed by atoms with Gasteiger partial charge in [-0.2, -0.15) is 0 Å². The summed E-state index contributed by atoms with van der Waals surface area (Å²) in [7, 11) is 0. The zero-order valence-corrected chi connectivity index (χ0v) is 20.4. The lowest BCUT2D eigenvalue weighted by Gasteiger charge is -2.09. The number of rotatable bonds is 18. The van der Waals surface area contributed by atoms with E-state index in [1.807, 2.05) is 12.3 Å². The molecule has 0 aliphatic heterocycles. The molecule has 2 aromatic rings. The molecular formula is C28H43FN2O. The van der Waals surface area contributed by atoms with Crippen LogP contribution < -0.4 is 4.74 Å². The second-order valence-electron chi connectivity index (χ2n) is 8.88. The molecule has 1 aromatic heterocycles. The number of halogens is 1. The van der Waals surface area contributed by atoms with Crippen molar-refractivity contribution in [2.45, 2.75) is 110 Å². The second-order valence-corrected chi connectivity index (χ2v) is 8.88. The van der Waals surface area contributed by atoms with E-state index in [4.69, 9.17) is 4.74 Å². The second kappa shape index (κ2) is 16.6. The monoisotopic (exact) mass is 442 g/mol. The molecule has 0 fully saturated rings. The number of aryl methyl sites for hydroxylation is 1. The van der Waals surface area contributed by atoms with Gasteiger partial charge in [0.25, 0.3) is 0 Å². The molecule has 0 radical (unpaired) electrons. The van der Waals surface area contributed by atoms with Gasteiger partial charge in [-0.25, -0.2) is 4.39 Å². The van der Waals surface area contributed by atoms with Crippen LogP contribution in [0.15, 0.2) is 30.6 Å². The minimum atomic E-state index is -0.336. The van der Waals surface area contributed by atoms with E-state index in [-0.39, 0.29) is 5.82 Å². The zero-order valence-electron chi connectivity index (χ0n) is 20.4. The van der Waals surface area contributed by atoms with Crippen molar-refractivity contribution in [3.05, 3.63) is 42.1 Å². The minimum absolute atomic E-state index is 0.319. The predicted molar refractivity (Wildman–Crippen MR) is 133 cm³/mol. The highest BCUT2D eigenvalue weighted by Crippen LogP contribution is 2.24. The van der Waals surface area contributed by atoms with Crippen LogP contribution in [0, 0.1) is 5.82 Å². The molecule has 0 aliphatic carbocycles. The number of aromatic nitrogens is 2. The number of unbranched alkanes of at least 4 members (excludes halogenated alkanes) is 12. The molecule has 1 aromatic carbocycles. The van der Waals surface area contributed by atoms with Gasteiger partial charge in [0.15, 0.2) is 11.6 Å². The summed E-state index contributed by atoms with van der Waals surface area (Å²) in [6, 6.07) is 5.06. The first-order valence-corrected chi connectivity index (χ1v) is 13.0. The van der Waals surface area contributed by atoms with Crippen molar-refractivity contribution in [3.63, 3.8) is 0 Å². The lowest BCUT2D eigenvalue weighted by Crippen LogP contribution is -2.00. The Balaban J connectivity index is 1.69. The minimum Gasteiger partial charge on any atom is -0.491 e. The van der Waals surface area contributed by atoms with Gasteiger partial charge in [0.05, 0.1) is 24.2 Å². The molecule has 0 saturated heterocycles. The number of hydrogen-bond acceptors (Lipinski definition) is 3. The Kier molecular flexibility index (Phi) is 13.7. The van der Waals surface area contributed by atoms with E-state index >= 15 is 0 Å². The van der Waals surface area contributed by atoms with Crippen molar-refractivity contribution in [2.24, 2.45) is 0 Å². The van der Waals surface area contributed by atoms with Gasteiger partial charge in [0.1, 0.15) is 0 Å². The summed E-state index contributed by atoms with van der Waals surface area (Å²) in [5.41, 5.74) is 2.45. The van der Waals surface area contributed by atoms with Crippen LogP contribution in [0.5, 0.6) is 5.75 Å². The summed E-state index contributed by atoms with van der Waals surface area (Å²) in [6.45, 7) is 5.02. The predicted octanol–water partition coefficient (Wildman–Crippen LogP) is 8.71. The van der Waals surface area contributed by atoms with Crippen LogP contribution in [0.25, 0.3) is 11.3 Å². The first-order chi connectivity index (χ1) is 15.7. The van der Waals surface area contributed by atoms with Gasteiger partial charge in [-0.05, 0) is 37.5 Å². The molecular weight excluding hydrogens is 399 g/mol. The third-order valence-electron chi connectivity index (χ3n) is 5.97. The average molecular weight is 443 g/mol. The van der Waals surface area contributed by atoms with Crippen LogP contribution in [-0.2, 0) is 6.42 Å². The maximum Gasteiger partial charge on any atom is 0.165 e. The molecule has 0 bridgehead atoms. The highest BCUT2D eigenvalue weighted by atomic mass is 19.1. The van der Waals surface area contributed by atoms with E-state index in [1.165, 1.54) is 76.7 Å².